The number of carbonyl (C=O) groups excluding carboxylic acids is 1. The third-order valence-electron chi connectivity index (χ3n) is 1.94. The van der Waals surface area contributed by atoms with Crippen molar-refractivity contribution in [3.8, 4) is 0 Å². The first-order chi connectivity index (χ1) is 7.28. The van der Waals surface area contributed by atoms with Crippen LogP contribution in [0.5, 0.6) is 0 Å². The maximum absolute atomic E-state index is 11.4. The van der Waals surface area contributed by atoms with E-state index in [1.807, 2.05) is 6.92 Å². The zero-order valence-electron chi connectivity index (χ0n) is 10.5. The molecule has 0 heterocycles. The summed E-state index contributed by atoms with van der Waals surface area (Å²) in [5.74, 6) is 0.0343. The van der Waals surface area contributed by atoms with E-state index in [0.29, 0.717) is 6.42 Å². The highest BCUT2D eigenvalue weighted by molar-refractivity contribution is 5.68. The van der Waals surface area contributed by atoms with E-state index in [-0.39, 0.29) is 25.2 Å². The van der Waals surface area contributed by atoms with Crippen LogP contribution < -0.4 is 5.32 Å². The second kappa shape index (κ2) is 6.70. The van der Waals surface area contributed by atoms with Gasteiger partial charge in [-0.1, -0.05) is 6.92 Å². The second-order valence-corrected chi connectivity index (χ2v) is 5.05. The van der Waals surface area contributed by atoms with Crippen molar-refractivity contribution >= 4 is 6.09 Å². The minimum absolute atomic E-state index is 0.0342. The highest BCUT2D eigenvalue weighted by Crippen LogP contribution is 2.09. The number of ether oxygens (including phenoxy) is 1. The molecule has 16 heavy (non-hydrogen) atoms. The third kappa shape index (κ3) is 7.48. The maximum Gasteiger partial charge on any atom is 0.407 e. The van der Waals surface area contributed by atoms with Crippen LogP contribution in [0.2, 0.25) is 0 Å². The fraction of sp³-hybridized carbons (Fsp3) is 0.909. The number of carbonyl (C=O) groups is 1. The molecule has 5 nitrogen and oxygen atoms in total. The molecule has 2 atom stereocenters. The van der Waals surface area contributed by atoms with Gasteiger partial charge in [-0.15, -0.1) is 0 Å². The zero-order valence-corrected chi connectivity index (χ0v) is 10.5. The molecule has 0 rings (SSSR count). The number of alkyl carbamates (subject to hydrolysis) is 1. The normalized spacial score (nSPS) is 15.4. The van der Waals surface area contributed by atoms with Gasteiger partial charge < -0.3 is 20.3 Å². The molecule has 1 amide bonds. The van der Waals surface area contributed by atoms with Gasteiger partial charge in [-0.05, 0) is 33.1 Å². The van der Waals surface area contributed by atoms with Crippen LogP contribution in [0.4, 0.5) is 4.79 Å². The van der Waals surface area contributed by atoms with E-state index in [2.05, 4.69) is 5.32 Å². The van der Waals surface area contributed by atoms with Gasteiger partial charge >= 0.3 is 6.09 Å². The van der Waals surface area contributed by atoms with Crippen LogP contribution in [0.1, 0.15) is 34.1 Å². The van der Waals surface area contributed by atoms with E-state index in [1.165, 1.54) is 0 Å². The first-order valence-electron chi connectivity index (χ1n) is 5.49. The van der Waals surface area contributed by atoms with Crippen LogP contribution in [0.3, 0.4) is 0 Å². The molecule has 0 aromatic rings. The fourth-order valence-corrected chi connectivity index (χ4v) is 1.21. The first kappa shape index (κ1) is 15.2. The van der Waals surface area contributed by atoms with Gasteiger partial charge in [0.25, 0.3) is 0 Å². The van der Waals surface area contributed by atoms with Crippen molar-refractivity contribution in [3.63, 3.8) is 0 Å². The number of hydrogen-bond donors (Lipinski definition) is 3. The Kier molecular flexibility index (Phi) is 6.36. The summed E-state index contributed by atoms with van der Waals surface area (Å²) in [4.78, 5) is 11.4. The minimum atomic E-state index is -0.549. The number of aliphatic hydroxyl groups excluding tert-OH is 2. The van der Waals surface area contributed by atoms with E-state index in [9.17, 15) is 4.79 Å². The van der Waals surface area contributed by atoms with Crippen molar-refractivity contribution in [2.75, 3.05) is 13.2 Å². The van der Waals surface area contributed by atoms with Gasteiger partial charge in [-0.2, -0.15) is 0 Å². The number of hydrogen-bond acceptors (Lipinski definition) is 4. The van der Waals surface area contributed by atoms with Crippen LogP contribution in [-0.2, 0) is 4.74 Å². The highest BCUT2D eigenvalue weighted by Gasteiger charge is 2.20. The molecule has 0 aliphatic rings. The molecular formula is C11H23NO4. The van der Waals surface area contributed by atoms with Gasteiger partial charge in [0.05, 0.1) is 12.6 Å². The standard InChI is InChI=1S/C11H23NO4/c1-8(6-13)5-9(7-14)12-10(15)16-11(2,3)4/h8-9,13-14H,5-7H2,1-4H3,(H,12,15)/t8-,9-/m0/s1. The van der Waals surface area contributed by atoms with Crippen LogP contribution in [0.15, 0.2) is 0 Å². The quantitative estimate of drug-likeness (QED) is 0.659. The summed E-state index contributed by atoms with van der Waals surface area (Å²) in [5, 5.41) is 20.5. The highest BCUT2D eigenvalue weighted by atomic mass is 16.6. The van der Waals surface area contributed by atoms with Crippen molar-refractivity contribution in [3.05, 3.63) is 0 Å². The predicted molar refractivity (Wildman–Crippen MR) is 61.1 cm³/mol. The van der Waals surface area contributed by atoms with Crippen LogP contribution >= 0.6 is 0 Å². The monoisotopic (exact) mass is 233 g/mol. The van der Waals surface area contributed by atoms with Crippen LogP contribution in [0.25, 0.3) is 0 Å². The topological polar surface area (TPSA) is 78.8 Å². The molecule has 0 bridgehead atoms. The van der Waals surface area contributed by atoms with Crippen molar-refractivity contribution in [1.29, 1.82) is 0 Å². The van der Waals surface area contributed by atoms with Crippen molar-refractivity contribution < 1.29 is 19.7 Å². The molecule has 3 N–H and O–H groups in total. The van der Waals surface area contributed by atoms with Crippen molar-refractivity contribution in [1.82, 2.24) is 5.32 Å². The lowest BCUT2D eigenvalue weighted by Crippen LogP contribution is -2.42. The molecule has 0 fully saturated rings. The van der Waals surface area contributed by atoms with Crippen molar-refractivity contribution in [2.24, 2.45) is 5.92 Å². The predicted octanol–water partition coefficient (Wildman–Crippen LogP) is 0.890. The number of rotatable bonds is 5. The second-order valence-electron chi connectivity index (χ2n) is 5.05. The summed E-state index contributed by atoms with van der Waals surface area (Å²) in [5.41, 5.74) is -0.549. The van der Waals surface area contributed by atoms with E-state index >= 15 is 0 Å². The summed E-state index contributed by atoms with van der Waals surface area (Å²) in [6.45, 7) is 7.04. The molecule has 0 saturated carbocycles. The van der Waals surface area contributed by atoms with Gasteiger partial charge in [0.1, 0.15) is 5.60 Å². The van der Waals surface area contributed by atoms with Gasteiger partial charge in [0, 0.05) is 6.61 Å². The summed E-state index contributed by atoms with van der Waals surface area (Å²) < 4.78 is 5.06. The minimum Gasteiger partial charge on any atom is -0.444 e. The molecule has 0 aromatic heterocycles. The summed E-state index contributed by atoms with van der Waals surface area (Å²) in [7, 11) is 0. The van der Waals surface area contributed by atoms with E-state index < -0.39 is 11.7 Å². The summed E-state index contributed by atoms with van der Waals surface area (Å²) in [6.07, 6.45) is -0.0246. The largest absolute Gasteiger partial charge is 0.444 e. The average Bonchev–Trinajstić information content (AvgIpc) is 2.13. The van der Waals surface area contributed by atoms with Crippen molar-refractivity contribution in [2.45, 2.75) is 45.8 Å². The molecule has 0 aromatic carbocycles. The average molecular weight is 233 g/mol. The molecule has 0 spiro atoms. The Balaban J connectivity index is 4.07. The van der Waals surface area contributed by atoms with E-state index in [4.69, 9.17) is 14.9 Å². The van der Waals surface area contributed by atoms with E-state index in [1.54, 1.807) is 20.8 Å². The summed E-state index contributed by atoms with van der Waals surface area (Å²) in [6, 6.07) is -0.378. The van der Waals surface area contributed by atoms with Crippen LogP contribution in [-0.4, -0.2) is 41.2 Å². The molecule has 5 heteroatoms. The Labute approximate surface area is 96.8 Å². The number of nitrogens with one attached hydrogen (secondary N) is 1. The van der Waals surface area contributed by atoms with Gasteiger partial charge in [-0.3, -0.25) is 0 Å². The molecule has 0 aliphatic carbocycles. The van der Waals surface area contributed by atoms with Crippen LogP contribution in [0, 0.1) is 5.92 Å². The molecule has 96 valence electrons. The lowest BCUT2D eigenvalue weighted by atomic mass is 10.0. The molecule has 0 aliphatic heterocycles. The fourth-order valence-electron chi connectivity index (χ4n) is 1.21. The molecular weight excluding hydrogens is 210 g/mol. The molecule has 0 radical (unpaired) electrons. The zero-order chi connectivity index (χ0) is 12.8. The van der Waals surface area contributed by atoms with Gasteiger partial charge in [-0.25, -0.2) is 4.79 Å². The lowest BCUT2D eigenvalue weighted by molar-refractivity contribution is 0.0467. The third-order valence-corrected chi connectivity index (χ3v) is 1.94. The lowest BCUT2D eigenvalue weighted by Gasteiger charge is -2.23. The molecule has 0 unspecified atom stereocenters. The Bertz CT molecular complexity index is 213. The number of aliphatic hydroxyl groups is 2. The van der Waals surface area contributed by atoms with E-state index in [0.717, 1.165) is 0 Å². The van der Waals surface area contributed by atoms with Gasteiger partial charge in [0.15, 0.2) is 0 Å². The SMILES string of the molecule is C[C@H](CO)C[C@@H](CO)NC(=O)OC(C)(C)C. The Morgan fingerprint density at radius 1 is 1.31 bits per heavy atom. The van der Waals surface area contributed by atoms with Gasteiger partial charge in [0.2, 0.25) is 0 Å². The Morgan fingerprint density at radius 2 is 1.88 bits per heavy atom. The smallest absolute Gasteiger partial charge is 0.407 e. The number of amides is 1. The first-order valence-corrected chi connectivity index (χ1v) is 5.49. The Hall–Kier alpha value is -0.810. The molecule has 0 saturated heterocycles. The maximum atomic E-state index is 11.4. The Morgan fingerprint density at radius 3 is 2.25 bits per heavy atom. The summed E-state index contributed by atoms with van der Waals surface area (Å²) >= 11 is 0.